The molecule has 0 bridgehead atoms. The lowest BCUT2D eigenvalue weighted by Gasteiger charge is -2.10. The molecule has 2 aromatic carbocycles. The highest BCUT2D eigenvalue weighted by molar-refractivity contribution is 5.87. The third-order valence-corrected chi connectivity index (χ3v) is 5.32. The van der Waals surface area contributed by atoms with Crippen molar-refractivity contribution in [3.05, 3.63) is 105 Å². The zero-order valence-corrected chi connectivity index (χ0v) is 16.5. The summed E-state index contributed by atoms with van der Waals surface area (Å²) in [7, 11) is 0. The van der Waals surface area contributed by atoms with E-state index < -0.39 is 5.97 Å². The van der Waals surface area contributed by atoms with E-state index in [1.807, 2.05) is 31.2 Å². The van der Waals surface area contributed by atoms with Crippen molar-refractivity contribution in [1.29, 1.82) is 0 Å². The smallest absolute Gasteiger partial charge is 0.323 e. The van der Waals surface area contributed by atoms with Crippen LogP contribution < -0.4 is 5.56 Å². The van der Waals surface area contributed by atoms with Crippen molar-refractivity contribution in [3.8, 4) is 0 Å². The lowest BCUT2D eigenvalue weighted by atomic mass is 10.0. The molecule has 0 atom stereocenters. The van der Waals surface area contributed by atoms with Crippen LogP contribution in [-0.4, -0.2) is 20.2 Å². The van der Waals surface area contributed by atoms with Crippen LogP contribution >= 0.6 is 0 Å². The Balaban J connectivity index is 1.71. The molecule has 0 fully saturated rings. The molecule has 2 aromatic heterocycles. The van der Waals surface area contributed by atoms with Gasteiger partial charge in [-0.1, -0.05) is 36.4 Å². The number of aromatic nitrogens is 2. The van der Waals surface area contributed by atoms with E-state index in [1.54, 1.807) is 33.5 Å². The molecule has 6 heteroatoms. The maximum atomic E-state index is 13.5. The van der Waals surface area contributed by atoms with E-state index in [2.05, 4.69) is 0 Å². The first-order valence-electron chi connectivity index (χ1n) is 9.64. The molecule has 4 rings (SSSR count). The first-order chi connectivity index (χ1) is 14.4. The van der Waals surface area contributed by atoms with Crippen molar-refractivity contribution in [2.45, 2.75) is 26.4 Å². The van der Waals surface area contributed by atoms with E-state index in [9.17, 15) is 19.1 Å². The lowest BCUT2D eigenvalue weighted by molar-refractivity contribution is -0.137. The van der Waals surface area contributed by atoms with Crippen LogP contribution in [0.1, 0.15) is 22.4 Å². The Morgan fingerprint density at radius 3 is 2.60 bits per heavy atom. The second-order valence-electron chi connectivity index (χ2n) is 7.37. The first kappa shape index (κ1) is 19.6. The maximum absolute atomic E-state index is 13.5. The van der Waals surface area contributed by atoms with Crippen LogP contribution in [0.5, 0.6) is 0 Å². The van der Waals surface area contributed by atoms with Crippen LogP contribution in [0, 0.1) is 12.7 Å². The normalized spacial score (nSPS) is 11.1. The second-order valence-corrected chi connectivity index (χ2v) is 7.37. The van der Waals surface area contributed by atoms with Crippen molar-refractivity contribution >= 4 is 16.9 Å². The number of nitrogens with zero attached hydrogens (tertiary/aromatic N) is 2. The van der Waals surface area contributed by atoms with Crippen LogP contribution in [0.3, 0.4) is 0 Å². The van der Waals surface area contributed by atoms with Gasteiger partial charge in [-0.15, -0.1) is 0 Å². The number of para-hydroxylation sites is 1. The molecule has 152 valence electrons. The van der Waals surface area contributed by atoms with Crippen molar-refractivity contribution in [3.63, 3.8) is 0 Å². The molecule has 4 aromatic rings. The molecule has 0 spiro atoms. The van der Waals surface area contributed by atoms with Gasteiger partial charge in [0.25, 0.3) is 5.56 Å². The number of halogens is 1. The van der Waals surface area contributed by atoms with Crippen molar-refractivity contribution in [2.75, 3.05) is 0 Å². The van der Waals surface area contributed by atoms with Crippen molar-refractivity contribution in [2.24, 2.45) is 0 Å². The van der Waals surface area contributed by atoms with Crippen LogP contribution in [0.2, 0.25) is 0 Å². The van der Waals surface area contributed by atoms with Gasteiger partial charge >= 0.3 is 5.97 Å². The van der Waals surface area contributed by atoms with Crippen LogP contribution in [-0.2, 0) is 24.3 Å². The standard InChI is InChI=1S/C24H21FN2O3/c1-16-21(20-7-2-3-8-22(20)27(16)15-24(29)30)12-18-9-10-23(28)26(14-18)13-17-5-4-6-19(25)11-17/h2-11,14H,12-13,15H2,1H3,(H,29,30). The average Bonchev–Trinajstić information content (AvgIpc) is 2.96. The quantitative estimate of drug-likeness (QED) is 0.529. The maximum Gasteiger partial charge on any atom is 0.323 e. The average molecular weight is 404 g/mol. The molecule has 0 aliphatic carbocycles. The van der Waals surface area contributed by atoms with Crippen LogP contribution in [0.25, 0.3) is 10.9 Å². The van der Waals surface area contributed by atoms with E-state index in [4.69, 9.17) is 0 Å². The predicted octanol–water partition coefficient (Wildman–Crippen LogP) is 3.97. The number of hydrogen-bond donors (Lipinski definition) is 1. The summed E-state index contributed by atoms with van der Waals surface area (Å²) in [4.78, 5) is 23.6. The van der Waals surface area contributed by atoms with E-state index >= 15 is 0 Å². The summed E-state index contributed by atoms with van der Waals surface area (Å²) in [5, 5.41) is 10.3. The fourth-order valence-electron chi connectivity index (χ4n) is 3.91. The minimum absolute atomic E-state index is 0.106. The zero-order valence-electron chi connectivity index (χ0n) is 16.5. The molecule has 0 radical (unpaired) electrons. The third-order valence-electron chi connectivity index (χ3n) is 5.32. The first-order valence-corrected chi connectivity index (χ1v) is 9.64. The molecule has 0 saturated heterocycles. The molecule has 2 heterocycles. The summed E-state index contributed by atoms with van der Waals surface area (Å²) in [5.74, 6) is -1.23. The van der Waals surface area contributed by atoms with Crippen molar-refractivity contribution < 1.29 is 14.3 Å². The summed E-state index contributed by atoms with van der Waals surface area (Å²) in [5.41, 5.74) is 4.27. The van der Waals surface area contributed by atoms with Gasteiger partial charge in [-0.3, -0.25) is 9.59 Å². The molecule has 30 heavy (non-hydrogen) atoms. The van der Waals surface area contributed by atoms with Crippen LogP contribution in [0.15, 0.2) is 71.7 Å². The Morgan fingerprint density at radius 2 is 1.83 bits per heavy atom. The van der Waals surface area contributed by atoms with Gasteiger partial charge in [-0.25, -0.2) is 4.39 Å². The Kier molecular flexibility index (Phi) is 5.23. The van der Waals surface area contributed by atoms with Crippen LogP contribution in [0.4, 0.5) is 4.39 Å². The number of hydrogen-bond acceptors (Lipinski definition) is 2. The molecule has 0 aliphatic heterocycles. The summed E-state index contributed by atoms with van der Waals surface area (Å²) >= 11 is 0. The van der Waals surface area contributed by atoms with Gasteiger partial charge in [0.1, 0.15) is 12.4 Å². The number of carboxylic acid groups (broad SMARTS) is 1. The summed E-state index contributed by atoms with van der Waals surface area (Å²) < 4.78 is 16.9. The molecule has 1 N–H and O–H groups in total. The molecule has 0 unspecified atom stereocenters. The monoisotopic (exact) mass is 404 g/mol. The molecular weight excluding hydrogens is 383 g/mol. The predicted molar refractivity (Wildman–Crippen MR) is 113 cm³/mol. The van der Waals surface area contributed by atoms with Gasteiger partial charge in [0.05, 0.1) is 6.54 Å². The number of pyridine rings is 1. The van der Waals surface area contributed by atoms with E-state index in [1.165, 1.54) is 18.2 Å². The SMILES string of the molecule is Cc1c(Cc2ccc(=O)n(Cc3cccc(F)c3)c2)c2ccccc2n1CC(=O)O. The van der Waals surface area contributed by atoms with Gasteiger partial charge in [-0.2, -0.15) is 0 Å². The topological polar surface area (TPSA) is 64.2 Å². The van der Waals surface area contributed by atoms with Gasteiger partial charge in [0, 0.05) is 35.3 Å². The number of aliphatic carboxylic acids is 1. The number of benzene rings is 2. The lowest BCUT2D eigenvalue weighted by Crippen LogP contribution is -2.20. The number of rotatable bonds is 6. The highest BCUT2D eigenvalue weighted by Crippen LogP contribution is 2.28. The molecule has 0 amide bonds. The van der Waals surface area contributed by atoms with E-state index in [0.29, 0.717) is 12.0 Å². The highest BCUT2D eigenvalue weighted by atomic mass is 19.1. The van der Waals surface area contributed by atoms with Gasteiger partial charge in [0.2, 0.25) is 0 Å². The summed E-state index contributed by atoms with van der Waals surface area (Å²) in [6.07, 6.45) is 2.35. The molecule has 5 nitrogen and oxygen atoms in total. The number of carbonyl (C=O) groups is 1. The van der Waals surface area contributed by atoms with Gasteiger partial charge in [0.15, 0.2) is 0 Å². The Hall–Kier alpha value is -3.67. The highest BCUT2D eigenvalue weighted by Gasteiger charge is 2.16. The fraction of sp³-hybridized carbons (Fsp3) is 0.167. The Bertz CT molecular complexity index is 1300. The second kappa shape index (κ2) is 7.99. The minimum atomic E-state index is -0.894. The number of carboxylic acids is 1. The summed E-state index contributed by atoms with van der Waals surface area (Å²) in [6, 6.07) is 17.2. The van der Waals surface area contributed by atoms with Crippen molar-refractivity contribution in [1.82, 2.24) is 9.13 Å². The number of fused-ring (bicyclic) bond motifs is 1. The van der Waals surface area contributed by atoms with Gasteiger partial charge in [-0.05, 0) is 41.8 Å². The van der Waals surface area contributed by atoms with E-state index in [0.717, 1.165) is 27.7 Å². The van der Waals surface area contributed by atoms with E-state index in [-0.39, 0.29) is 24.5 Å². The molecule has 0 aliphatic rings. The van der Waals surface area contributed by atoms with Gasteiger partial charge < -0.3 is 14.2 Å². The molecular formula is C24H21FN2O3. The Morgan fingerprint density at radius 1 is 1.03 bits per heavy atom. The zero-order chi connectivity index (χ0) is 21.3. The third kappa shape index (κ3) is 3.89. The largest absolute Gasteiger partial charge is 0.480 e. The molecule has 0 saturated carbocycles. The Labute approximate surface area is 172 Å². The minimum Gasteiger partial charge on any atom is -0.480 e. The fourth-order valence-corrected chi connectivity index (χ4v) is 3.91. The summed E-state index contributed by atoms with van der Waals surface area (Å²) in [6.45, 7) is 2.09.